The van der Waals surface area contributed by atoms with E-state index in [-0.39, 0.29) is 25.0 Å². The van der Waals surface area contributed by atoms with Crippen LogP contribution in [-0.4, -0.2) is 48.6 Å². The SMILES string of the molecule is CC(=O)N(C)CC(=O)NCCCCCO. The first-order chi connectivity index (χ1) is 7.07. The third-order valence-electron chi connectivity index (χ3n) is 2.08. The van der Waals surface area contributed by atoms with E-state index in [9.17, 15) is 9.59 Å². The zero-order valence-corrected chi connectivity index (χ0v) is 9.45. The summed E-state index contributed by atoms with van der Waals surface area (Å²) in [6.07, 6.45) is 2.53. The van der Waals surface area contributed by atoms with E-state index in [1.54, 1.807) is 7.05 Å². The van der Waals surface area contributed by atoms with Crippen LogP contribution in [0.5, 0.6) is 0 Å². The van der Waals surface area contributed by atoms with Gasteiger partial charge in [0.2, 0.25) is 11.8 Å². The lowest BCUT2D eigenvalue weighted by Gasteiger charge is -2.14. The zero-order chi connectivity index (χ0) is 11.7. The number of aliphatic hydroxyl groups is 1. The maximum absolute atomic E-state index is 11.2. The van der Waals surface area contributed by atoms with Crippen molar-refractivity contribution in [1.82, 2.24) is 10.2 Å². The van der Waals surface area contributed by atoms with Gasteiger partial charge in [-0.2, -0.15) is 0 Å². The van der Waals surface area contributed by atoms with Crippen LogP contribution in [0.3, 0.4) is 0 Å². The molecule has 0 aliphatic carbocycles. The maximum Gasteiger partial charge on any atom is 0.239 e. The fourth-order valence-corrected chi connectivity index (χ4v) is 1.02. The molecule has 0 unspecified atom stereocenters. The lowest BCUT2D eigenvalue weighted by Crippen LogP contribution is -2.37. The molecule has 0 saturated heterocycles. The van der Waals surface area contributed by atoms with E-state index in [1.807, 2.05) is 0 Å². The molecule has 15 heavy (non-hydrogen) atoms. The minimum atomic E-state index is -0.142. The van der Waals surface area contributed by atoms with Gasteiger partial charge in [-0.25, -0.2) is 0 Å². The summed E-state index contributed by atoms with van der Waals surface area (Å²) in [5.74, 6) is -0.262. The normalized spacial score (nSPS) is 9.80. The van der Waals surface area contributed by atoms with Crippen LogP contribution in [0.15, 0.2) is 0 Å². The number of likely N-dealkylation sites (N-methyl/N-ethyl adjacent to an activating group) is 1. The molecule has 0 saturated carbocycles. The van der Waals surface area contributed by atoms with Crippen molar-refractivity contribution in [1.29, 1.82) is 0 Å². The molecule has 0 spiro atoms. The summed E-state index contributed by atoms with van der Waals surface area (Å²) in [5.41, 5.74) is 0. The first-order valence-corrected chi connectivity index (χ1v) is 5.17. The molecule has 2 N–H and O–H groups in total. The summed E-state index contributed by atoms with van der Waals surface area (Å²) in [5, 5.41) is 11.2. The van der Waals surface area contributed by atoms with Gasteiger partial charge in [-0.15, -0.1) is 0 Å². The van der Waals surface area contributed by atoms with Gasteiger partial charge in [0.05, 0.1) is 6.54 Å². The number of hydrogen-bond donors (Lipinski definition) is 2. The van der Waals surface area contributed by atoms with Crippen molar-refractivity contribution in [3.05, 3.63) is 0 Å². The van der Waals surface area contributed by atoms with E-state index in [0.29, 0.717) is 6.54 Å². The fraction of sp³-hybridized carbons (Fsp3) is 0.800. The van der Waals surface area contributed by atoms with E-state index in [2.05, 4.69) is 5.32 Å². The van der Waals surface area contributed by atoms with E-state index in [1.165, 1.54) is 11.8 Å². The molecule has 0 fully saturated rings. The second-order valence-electron chi connectivity index (χ2n) is 3.51. The largest absolute Gasteiger partial charge is 0.396 e. The highest BCUT2D eigenvalue weighted by atomic mass is 16.3. The first-order valence-electron chi connectivity index (χ1n) is 5.17. The minimum Gasteiger partial charge on any atom is -0.396 e. The Morgan fingerprint density at radius 3 is 2.47 bits per heavy atom. The molecule has 0 aliphatic rings. The topological polar surface area (TPSA) is 69.6 Å². The predicted octanol–water partition coefficient (Wildman–Crippen LogP) is -0.257. The zero-order valence-electron chi connectivity index (χ0n) is 9.45. The number of amides is 2. The predicted molar refractivity (Wildman–Crippen MR) is 57.3 cm³/mol. The van der Waals surface area contributed by atoms with E-state index in [4.69, 9.17) is 5.11 Å². The van der Waals surface area contributed by atoms with Gasteiger partial charge in [0.1, 0.15) is 0 Å². The highest BCUT2D eigenvalue weighted by molar-refractivity contribution is 5.83. The van der Waals surface area contributed by atoms with Gasteiger partial charge in [0.25, 0.3) is 0 Å². The van der Waals surface area contributed by atoms with Gasteiger partial charge >= 0.3 is 0 Å². The van der Waals surface area contributed by atoms with Crippen LogP contribution in [0.1, 0.15) is 26.2 Å². The molecule has 0 aromatic heterocycles. The van der Waals surface area contributed by atoms with Gasteiger partial charge < -0.3 is 15.3 Å². The van der Waals surface area contributed by atoms with Gasteiger partial charge in [-0.1, -0.05) is 0 Å². The van der Waals surface area contributed by atoms with Crippen LogP contribution in [0.25, 0.3) is 0 Å². The van der Waals surface area contributed by atoms with Crippen LogP contribution < -0.4 is 5.32 Å². The van der Waals surface area contributed by atoms with E-state index >= 15 is 0 Å². The Balaban J connectivity index is 3.45. The van der Waals surface area contributed by atoms with Crippen LogP contribution in [0, 0.1) is 0 Å². The van der Waals surface area contributed by atoms with Crippen molar-refractivity contribution in [3.63, 3.8) is 0 Å². The summed E-state index contributed by atoms with van der Waals surface area (Å²) in [7, 11) is 1.59. The molecule has 0 heterocycles. The summed E-state index contributed by atoms with van der Waals surface area (Å²) >= 11 is 0. The molecule has 0 radical (unpaired) electrons. The summed E-state index contributed by atoms with van der Waals surface area (Å²) < 4.78 is 0. The maximum atomic E-state index is 11.2. The molecular weight excluding hydrogens is 196 g/mol. The molecule has 88 valence electrons. The lowest BCUT2D eigenvalue weighted by molar-refractivity contribution is -0.133. The highest BCUT2D eigenvalue weighted by Crippen LogP contribution is 1.92. The summed E-state index contributed by atoms with van der Waals surface area (Å²) in [6, 6.07) is 0. The molecule has 0 aliphatic heterocycles. The Bertz CT molecular complexity index is 207. The summed E-state index contributed by atoms with van der Waals surface area (Å²) in [6.45, 7) is 2.33. The third-order valence-corrected chi connectivity index (χ3v) is 2.08. The van der Waals surface area contributed by atoms with Crippen molar-refractivity contribution in [2.24, 2.45) is 0 Å². The molecule has 5 nitrogen and oxygen atoms in total. The number of unbranched alkanes of at least 4 members (excludes halogenated alkanes) is 2. The van der Waals surface area contributed by atoms with Crippen molar-refractivity contribution in [2.45, 2.75) is 26.2 Å². The van der Waals surface area contributed by atoms with E-state index < -0.39 is 0 Å². The molecule has 0 atom stereocenters. The number of hydrogen-bond acceptors (Lipinski definition) is 3. The Morgan fingerprint density at radius 1 is 1.27 bits per heavy atom. The monoisotopic (exact) mass is 216 g/mol. The van der Waals surface area contributed by atoms with E-state index in [0.717, 1.165) is 19.3 Å². The Morgan fingerprint density at radius 2 is 1.93 bits per heavy atom. The standard InChI is InChI=1S/C10H20N2O3/c1-9(14)12(2)8-10(15)11-6-4-3-5-7-13/h13H,3-8H2,1-2H3,(H,11,15). The second kappa shape index (κ2) is 8.23. The summed E-state index contributed by atoms with van der Waals surface area (Å²) in [4.78, 5) is 23.4. The third kappa shape index (κ3) is 7.93. The molecule has 0 aromatic carbocycles. The smallest absolute Gasteiger partial charge is 0.239 e. The molecule has 0 bridgehead atoms. The first kappa shape index (κ1) is 13.9. The molecule has 0 aromatic rings. The lowest BCUT2D eigenvalue weighted by atomic mass is 10.2. The quantitative estimate of drug-likeness (QED) is 0.576. The molecule has 0 rings (SSSR count). The average Bonchev–Trinajstić information content (AvgIpc) is 2.17. The number of carbonyl (C=O) groups is 2. The van der Waals surface area contributed by atoms with Crippen LogP contribution in [0.2, 0.25) is 0 Å². The van der Waals surface area contributed by atoms with Crippen molar-refractivity contribution >= 4 is 11.8 Å². The van der Waals surface area contributed by atoms with Gasteiger partial charge in [0, 0.05) is 27.1 Å². The number of nitrogens with zero attached hydrogens (tertiary/aromatic N) is 1. The average molecular weight is 216 g/mol. The molecule has 2 amide bonds. The van der Waals surface area contributed by atoms with Crippen LogP contribution in [-0.2, 0) is 9.59 Å². The number of aliphatic hydroxyl groups excluding tert-OH is 1. The van der Waals surface area contributed by atoms with Gasteiger partial charge in [-0.05, 0) is 19.3 Å². The fourth-order valence-electron chi connectivity index (χ4n) is 1.02. The molecule has 5 heteroatoms. The Hall–Kier alpha value is -1.10. The highest BCUT2D eigenvalue weighted by Gasteiger charge is 2.07. The van der Waals surface area contributed by atoms with Crippen molar-refractivity contribution < 1.29 is 14.7 Å². The van der Waals surface area contributed by atoms with Crippen molar-refractivity contribution in [3.8, 4) is 0 Å². The minimum absolute atomic E-state index is 0.106. The number of rotatable bonds is 7. The van der Waals surface area contributed by atoms with Crippen LogP contribution in [0.4, 0.5) is 0 Å². The Labute approximate surface area is 90.5 Å². The van der Waals surface area contributed by atoms with Gasteiger partial charge in [0.15, 0.2) is 0 Å². The second-order valence-corrected chi connectivity index (χ2v) is 3.51. The molecular formula is C10H20N2O3. The number of nitrogens with one attached hydrogen (secondary N) is 1. The van der Waals surface area contributed by atoms with Crippen molar-refractivity contribution in [2.75, 3.05) is 26.7 Å². The Kier molecular flexibility index (Phi) is 7.62. The van der Waals surface area contributed by atoms with Crippen LogP contribution >= 0.6 is 0 Å². The van der Waals surface area contributed by atoms with Gasteiger partial charge in [-0.3, -0.25) is 9.59 Å². The number of carbonyl (C=O) groups excluding carboxylic acids is 2.